The third kappa shape index (κ3) is 11.4. The van der Waals surface area contributed by atoms with Crippen molar-refractivity contribution >= 4 is 9.84 Å². The molecule has 11 heteroatoms. The lowest BCUT2D eigenvalue weighted by Crippen LogP contribution is -2.39. The van der Waals surface area contributed by atoms with E-state index in [1.54, 1.807) is 4.68 Å². The molecule has 2 rings (SSSR count). The van der Waals surface area contributed by atoms with Crippen molar-refractivity contribution < 1.29 is 22.6 Å². The number of nitrogens with zero attached hydrogens (tertiary/aromatic N) is 5. The summed E-state index contributed by atoms with van der Waals surface area (Å²) in [6, 6.07) is 0. The molecule has 1 aliphatic heterocycles. The van der Waals surface area contributed by atoms with E-state index in [4.69, 9.17) is 14.2 Å². The number of hydrogen-bond donors (Lipinski definition) is 0. The summed E-state index contributed by atoms with van der Waals surface area (Å²) in [7, 11) is -2.86. The third-order valence-electron chi connectivity index (χ3n) is 5.16. The van der Waals surface area contributed by atoms with Gasteiger partial charge in [0.05, 0.1) is 63.4 Å². The fourth-order valence-electron chi connectivity index (χ4n) is 3.30. The Bertz CT molecular complexity index is 686. The Hall–Kier alpha value is -1.11. The number of hydrogen-bond acceptors (Lipinski definition) is 9. The van der Waals surface area contributed by atoms with Gasteiger partial charge >= 0.3 is 0 Å². The second-order valence-electron chi connectivity index (χ2n) is 7.67. The Morgan fingerprint density at radius 3 is 2.26 bits per heavy atom. The summed E-state index contributed by atoms with van der Waals surface area (Å²) < 4.78 is 41.4. The van der Waals surface area contributed by atoms with E-state index in [0.717, 1.165) is 31.9 Å². The van der Waals surface area contributed by atoms with E-state index in [1.165, 1.54) is 6.42 Å². The van der Waals surface area contributed by atoms with Gasteiger partial charge in [-0.1, -0.05) is 19.1 Å². The summed E-state index contributed by atoms with van der Waals surface area (Å²) in [6.07, 6.45) is 3.06. The molecule has 0 bridgehead atoms. The minimum Gasteiger partial charge on any atom is -0.378 e. The van der Waals surface area contributed by atoms with Crippen molar-refractivity contribution in [3.05, 3.63) is 11.9 Å². The minimum absolute atomic E-state index is 0.222. The number of ether oxygens (including phenoxy) is 3. The van der Waals surface area contributed by atoms with Gasteiger partial charge in [-0.05, 0) is 19.5 Å². The fraction of sp³-hybridized carbons (Fsp3) is 0.900. The average molecular weight is 462 g/mol. The van der Waals surface area contributed by atoms with Crippen LogP contribution in [0.4, 0.5) is 0 Å². The van der Waals surface area contributed by atoms with Crippen LogP contribution in [0, 0.1) is 0 Å². The van der Waals surface area contributed by atoms with Crippen LogP contribution in [-0.4, -0.2) is 117 Å². The quantitative estimate of drug-likeness (QED) is 0.303. The zero-order valence-corrected chi connectivity index (χ0v) is 19.9. The summed E-state index contributed by atoms with van der Waals surface area (Å²) in [5, 5.41) is 8.27. The normalized spacial score (nSPS) is 16.9. The largest absolute Gasteiger partial charge is 0.378 e. The fourth-order valence-corrected chi connectivity index (χ4v) is 4.57. The first-order chi connectivity index (χ1) is 15.0. The lowest BCUT2D eigenvalue weighted by Gasteiger charge is -2.25. The molecule has 10 nitrogen and oxygen atoms in total. The first kappa shape index (κ1) is 26.1. The molecule has 0 unspecified atom stereocenters. The van der Waals surface area contributed by atoms with Crippen molar-refractivity contribution in [3.63, 3.8) is 0 Å². The van der Waals surface area contributed by atoms with Gasteiger partial charge in [0.1, 0.15) is 0 Å². The predicted octanol–water partition coefficient (Wildman–Crippen LogP) is 0.290. The maximum absolute atomic E-state index is 11.5. The maximum atomic E-state index is 11.5. The molecular formula is C20H39N5O5S. The molecule has 0 N–H and O–H groups in total. The van der Waals surface area contributed by atoms with Crippen LogP contribution in [0.15, 0.2) is 6.20 Å². The van der Waals surface area contributed by atoms with E-state index in [1.807, 2.05) is 6.20 Å². The Morgan fingerprint density at radius 2 is 1.61 bits per heavy atom. The van der Waals surface area contributed by atoms with E-state index in [0.29, 0.717) is 59.2 Å². The monoisotopic (exact) mass is 461 g/mol. The number of aromatic nitrogens is 3. The third-order valence-corrected chi connectivity index (χ3v) is 6.77. The molecule has 1 aromatic rings. The van der Waals surface area contributed by atoms with E-state index in [9.17, 15) is 8.42 Å². The molecule has 1 aromatic heterocycles. The van der Waals surface area contributed by atoms with Crippen LogP contribution in [0.5, 0.6) is 0 Å². The number of likely N-dealkylation sites (N-methyl/N-ethyl adjacent to an activating group) is 1. The predicted molar refractivity (Wildman–Crippen MR) is 119 cm³/mol. The second-order valence-corrected chi connectivity index (χ2v) is 9.98. The van der Waals surface area contributed by atoms with Gasteiger partial charge in [0.15, 0.2) is 9.84 Å². The number of sulfone groups is 1. The molecule has 0 radical (unpaired) electrons. The van der Waals surface area contributed by atoms with Crippen LogP contribution in [0.2, 0.25) is 0 Å². The van der Waals surface area contributed by atoms with Gasteiger partial charge < -0.3 is 19.1 Å². The topological polar surface area (TPSA) is 99.0 Å². The molecule has 31 heavy (non-hydrogen) atoms. The molecule has 0 spiro atoms. The van der Waals surface area contributed by atoms with Crippen molar-refractivity contribution in [1.82, 2.24) is 24.8 Å². The van der Waals surface area contributed by atoms with E-state index in [-0.39, 0.29) is 11.5 Å². The molecule has 1 saturated heterocycles. The van der Waals surface area contributed by atoms with Crippen LogP contribution >= 0.6 is 0 Å². The van der Waals surface area contributed by atoms with Crippen molar-refractivity contribution in [2.45, 2.75) is 33.4 Å². The molecule has 0 aromatic carbocycles. The Kier molecular flexibility index (Phi) is 12.5. The first-order valence-electron chi connectivity index (χ1n) is 11.3. The highest BCUT2D eigenvalue weighted by Crippen LogP contribution is 2.07. The summed E-state index contributed by atoms with van der Waals surface area (Å²) in [6.45, 7) is 13.4. The molecule has 1 aliphatic rings. The van der Waals surface area contributed by atoms with Crippen molar-refractivity contribution in [1.29, 1.82) is 0 Å². The van der Waals surface area contributed by atoms with Gasteiger partial charge in [-0.25, -0.2) is 13.1 Å². The highest BCUT2D eigenvalue weighted by atomic mass is 32.2. The minimum atomic E-state index is -2.86. The van der Waals surface area contributed by atoms with Crippen LogP contribution in [0.25, 0.3) is 0 Å². The van der Waals surface area contributed by atoms with Crippen molar-refractivity contribution in [3.8, 4) is 0 Å². The summed E-state index contributed by atoms with van der Waals surface area (Å²) >= 11 is 0. The first-order valence-corrected chi connectivity index (χ1v) is 13.1. The summed E-state index contributed by atoms with van der Waals surface area (Å²) in [5.74, 6) is 0.444. The lowest BCUT2D eigenvalue weighted by molar-refractivity contribution is 0.00918. The van der Waals surface area contributed by atoms with Crippen molar-refractivity contribution in [2.75, 3.05) is 83.9 Å². The SMILES string of the molecule is CCCN(CC)CCOCCOCCOCCn1cc(CN2CCS(=O)(=O)CC2)nn1. The highest BCUT2D eigenvalue weighted by Gasteiger charge is 2.22. The maximum Gasteiger partial charge on any atom is 0.152 e. The second kappa shape index (κ2) is 14.9. The standard InChI is InChI=1S/C20H39N5O5S/c1-3-5-23(4-2)6-10-28-12-14-30-15-13-29-11-7-25-19-20(21-22-25)18-24-8-16-31(26,27)17-9-24/h19H,3-18H2,1-2H3. The molecule has 0 amide bonds. The molecule has 0 atom stereocenters. The van der Waals surface area contributed by atoms with Crippen LogP contribution in [0.3, 0.4) is 0 Å². The molecule has 2 heterocycles. The van der Waals surface area contributed by atoms with Gasteiger partial charge in [-0.2, -0.15) is 0 Å². The molecule has 1 fully saturated rings. The number of rotatable bonds is 17. The van der Waals surface area contributed by atoms with E-state index >= 15 is 0 Å². The van der Waals surface area contributed by atoms with Gasteiger partial charge in [0.2, 0.25) is 0 Å². The summed E-state index contributed by atoms with van der Waals surface area (Å²) in [5.41, 5.74) is 0.847. The van der Waals surface area contributed by atoms with Crippen LogP contribution < -0.4 is 0 Å². The molecule has 0 saturated carbocycles. The highest BCUT2D eigenvalue weighted by molar-refractivity contribution is 7.91. The molecule has 0 aliphatic carbocycles. The van der Waals surface area contributed by atoms with E-state index < -0.39 is 9.84 Å². The Morgan fingerprint density at radius 1 is 0.968 bits per heavy atom. The zero-order valence-electron chi connectivity index (χ0n) is 19.1. The van der Waals surface area contributed by atoms with Crippen molar-refractivity contribution in [2.24, 2.45) is 0 Å². The molecular weight excluding hydrogens is 422 g/mol. The average Bonchev–Trinajstić information content (AvgIpc) is 3.20. The van der Waals surface area contributed by atoms with Crippen LogP contribution in [-0.2, 0) is 37.1 Å². The molecule has 180 valence electrons. The smallest absolute Gasteiger partial charge is 0.152 e. The zero-order chi connectivity index (χ0) is 22.4. The summed E-state index contributed by atoms with van der Waals surface area (Å²) in [4.78, 5) is 4.48. The van der Waals surface area contributed by atoms with E-state index in [2.05, 4.69) is 34.0 Å². The van der Waals surface area contributed by atoms with Crippen LogP contribution in [0.1, 0.15) is 26.0 Å². The van der Waals surface area contributed by atoms with Gasteiger partial charge in [-0.15, -0.1) is 5.10 Å². The lowest BCUT2D eigenvalue weighted by atomic mass is 10.4. The Labute approximate surface area is 186 Å². The van der Waals surface area contributed by atoms with Gasteiger partial charge in [0.25, 0.3) is 0 Å². The van der Waals surface area contributed by atoms with Gasteiger partial charge in [0, 0.05) is 32.4 Å². The Balaban J connectivity index is 1.42. The van der Waals surface area contributed by atoms with Gasteiger partial charge in [-0.3, -0.25) is 4.90 Å².